The smallest absolute Gasteiger partial charge is 0.191 e. The predicted octanol–water partition coefficient (Wildman–Crippen LogP) is 4.15. The summed E-state index contributed by atoms with van der Waals surface area (Å²) < 4.78 is 0. The molecule has 2 aromatic heterocycles. The van der Waals surface area contributed by atoms with Crippen LogP contribution in [0.1, 0.15) is 30.1 Å². The van der Waals surface area contributed by atoms with Gasteiger partial charge in [-0.25, -0.2) is 4.98 Å². The molecule has 7 heteroatoms. The molecular weight excluding hydrogens is 469 g/mol. The summed E-state index contributed by atoms with van der Waals surface area (Å²) >= 11 is 1.74. The zero-order valence-electron chi connectivity index (χ0n) is 15.9. The Morgan fingerprint density at radius 3 is 2.81 bits per heavy atom. The average Bonchev–Trinajstić information content (AvgIpc) is 3.29. The van der Waals surface area contributed by atoms with Crippen LogP contribution in [0.15, 0.2) is 40.8 Å². The summed E-state index contributed by atoms with van der Waals surface area (Å²) in [6, 6.07) is 8.42. The predicted molar refractivity (Wildman–Crippen MR) is 127 cm³/mol. The number of aromatic nitrogens is 2. The number of hydrogen-bond donors (Lipinski definition) is 3. The highest BCUT2D eigenvalue weighted by atomic mass is 127. The van der Waals surface area contributed by atoms with Crippen LogP contribution in [0.5, 0.6) is 0 Å². The second-order valence-electron chi connectivity index (χ2n) is 6.13. The van der Waals surface area contributed by atoms with Crippen molar-refractivity contribution in [2.45, 2.75) is 33.1 Å². The van der Waals surface area contributed by atoms with Gasteiger partial charge >= 0.3 is 0 Å². The third-order valence-electron chi connectivity index (χ3n) is 4.25. The number of thiazole rings is 1. The normalized spacial score (nSPS) is 11.4. The van der Waals surface area contributed by atoms with E-state index in [9.17, 15) is 0 Å². The molecule has 3 rings (SSSR count). The summed E-state index contributed by atoms with van der Waals surface area (Å²) in [5.74, 6) is 0.873. The first kappa shape index (κ1) is 21.7. The molecular formula is C20H28IN5S. The zero-order chi connectivity index (χ0) is 18.2. The number of fused-ring (bicyclic) bond motifs is 1. The van der Waals surface area contributed by atoms with Gasteiger partial charge in [0.15, 0.2) is 5.96 Å². The first-order valence-electron chi connectivity index (χ1n) is 9.30. The standard InChI is InChI=1S/C20H27N5S.HI/c1-3-19-25-16(14-26-19)10-12-23-20(21-4-2)22-11-9-15-13-24-18-8-6-5-7-17(15)18;/h5-8,13-14,24H,3-4,9-12H2,1-2H3,(H2,21,22,23);1H. The SMILES string of the molecule is CCNC(=NCCc1csc(CC)n1)NCCc1c[nH]c2ccccc12.I. The van der Waals surface area contributed by atoms with Crippen LogP contribution in [0.3, 0.4) is 0 Å². The summed E-state index contributed by atoms with van der Waals surface area (Å²) in [6.07, 6.45) is 4.95. The molecule has 0 spiro atoms. The summed E-state index contributed by atoms with van der Waals surface area (Å²) in [6.45, 7) is 6.68. The molecule has 1 aromatic carbocycles. The number of rotatable bonds is 8. The second kappa shape index (κ2) is 11.3. The fourth-order valence-electron chi connectivity index (χ4n) is 2.90. The van der Waals surface area contributed by atoms with Gasteiger partial charge in [0, 0.05) is 48.5 Å². The number of H-pyrrole nitrogens is 1. The number of benzene rings is 1. The van der Waals surface area contributed by atoms with Gasteiger partial charge in [-0.3, -0.25) is 4.99 Å². The first-order chi connectivity index (χ1) is 12.8. The molecule has 2 heterocycles. The highest BCUT2D eigenvalue weighted by Gasteiger charge is 2.04. The van der Waals surface area contributed by atoms with Crippen LogP contribution in [0.4, 0.5) is 0 Å². The third-order valence-corrected chi connectivity index (χ3v) is 5.29. The molecule has 0 fully saturated rings. The van der Waals surface area contributed by atoms with Crippen molar-refractivity contribution < 1.29 is 0 Å². The Hall–Kier alpha value is -1.61. The number of guanidine groups is 1. The topological polar surface area (TPSA) is 65.1 Å². The van der Waals surface area contributed by atoms with Crippen LogP contribution in [0.2, 0.25) is 0 Å². The lowest BCUT2D eigenvalue weighted by Gasteiger charge is -2.11. The van der Waals surface area contributed by atoms with Crippen molar-refractivity contribution in [2.75, 3.05) is 19.6 Å². The van der Waals surface area contributed by atoms with Gasteiger partial charge < -0.3 is 15.6 Å². The van der Waals surface area contributed by atoms with E-state index in [0.29, 0.717) is 0 Å². The van der Waals surface area contributed by atoms with E-state index < -0.39 is 0 Å². The van der Waals surface area contributed by atoms with Crippen LogP contribution in [-0.4, -0.2) is 35.6 Å². The molecule has 0 radical (unpaired) electrons. The van der Waals surface area contributed by atoms with Crippen LogP contribution in [0, 0.1) is 0 Å². The maximum absolute atomic E-state index is 4.68. The van der Waals surface area contributed by atoms with E-state index in [2.05, 4.69) is 75.3 Å². The lowest BCUT2D eigenvalue weighted by Crippen LogP contribution is -2.38. The fraction of sp³-hybridized carbons (Fsp3) is 0.400. The maximum atomic E-state index is 4.68. The molecule has 0 amide bonds. The van der Waals surface area contributed by atoms with Crippen LogP contribution < -0.4 is 10.6 Å². The molecule has 3 N–H and O–H groups in total. The minimum Gasteiger partial charge on any atom is -0.361 e. The number of aryl methyl sites for hydroxylation is 1. The highest BCUT2D eigenvalue weighted by molar-refractivity contribution is 14.0. The van der Waals surface area contributed by atoms with Gasteiger partial charge in [-0.15, -0.1) is 35.3 Å². The van der Waals surface area contributed by atoms with E-state index in [-0.39, 0.29) is 24.0 Å². The Bertz CT molecular complexity index is 855. The van der Waals surface area contributed by atoms with Gasteiger partial charge in [-0.2, -0.15) is 0 Å². The van der Waals surface area contributed by atoms with Crippen molar-refractivity contribution in [2.24, 2.45) is 4.99 Å². The quantitative estimate of drug-likeness (QED) is 0.249. The van der Waals surface area contributed by atoms with Gasteiger partial charge in [0.2, 0.25) is 0 Å². The van der Waals surface area contributed by atoms with Crippen molar-refractivity contribution in [3.8, 4) is 0 Å². The first-order valence-corrected chi connectivity index (χ1v) is 10.2. The van der Waals surface area contributed by atoms with E-state index in [1.54, 1.807) is 11.3 Å². The highest BCUT2D eigenvalue weighted by Crippen LogP contribution is 2.17. The molecule has 146 valence electrons. The molecule has 0 atom stereocenters. The maximum Gasteiger partial charge on any atom is 0.191 e. The molecule has 5 nitrogen and oxygen atoms in total. The van der Waals surface area contributed by atoms with Crippen LogP contribution >= 0.6 is 35.3 Å². The van der Waals surface area contributed by atoms with E-state index in [1.807, 2.05) is 0 Å². The molecule has 0 saturated heterocycles. The van der Waals surface area contributed by atoms with E-state index in [0.717, 1.165) is 50.6 Å². The zero-order valence-corrected chi connectivity index (χ0v) is 19.1. The number of aromatic amines is 1. The van der Waals surface area contributed by atoms with Crippen molar-refractivity contribution in [1.29, 1.82) is 0 Å². The largest absolute Gasteiger partial charge is 0.361 e. The Morgan fingerprint density at radius 1 is 1.19 bits per heavy atom. The molecule has 0 aliphatic carbocycles. The number of nitrogens with zero attached hydrogens (tertiary/aromatic N) is 2. The Kier molecular flexibility index (Phi) is 9.06. The van der Waals surface area contributed by atoms with Crippen molar-refractivity contribution in [3.63, 3.8) is 0 Å². The van der Waals surface area contributed by atoms with Gasteiger partial charge in [0.25, 0.3) is 0 Å². The number of aliphatic imine (C=N–C) groups is 1. The van der Waals surface area contributed by atoms with Gasteiger partial charge in [-0.05, 0) is 31.4 Å². The lowest BCUT2D eigenvalue weighted by atomic mass is 10.1. The van der Waals surface area contributed by atoms with Gasteiger partial charge in [0.1, 0.15) is 0 Å². The average molecular weight is 497 g/mol. The van der Waals surface area contributed by atoms with Crippen LogP contribution in [0.25, 0.3) is 10.9 Å². The summed E-state index contributed by atoms with van der Waals surface area (Å²) in [4.78, 5) is 12.6. The minimum atomic E-state index is 0. The van der Waals surface area contributed by atoms with E-state index in [4.69, 9.17) is 0 Å². The molecule has 3 aromatic rings. The summed E-state index contributed by atoms with van der Waals surface area (Å²) in [7, 11) is 0. The summed E-state index contributed by atoms with van der Waals surface area (Å²) in [5, 5.41) is 11.4. The molecule has 27 heavy (non-hydrogen) atoms. The van der Waals surface area contributed by atoms with E-state index in [1.165, 1.54) is 21.5 Å². The molecule has 0 aliphatic rings. The lowest BCUT2D eigenvalue weighted by molar-refractivity contribution is 0.796. The van der Waals surface area contributed by atoms with Crippen molar-refractivity contribution in [3.05, 3.63) is 52.1 Å². The molecule has 0 saturated carbocycles. The number of hydrogen-bond acceptors (Lipinski definition) is 3. The third kappa shape index (κ3) is 6.21. The number of nitrogens with one attached hydrogen (secondary N) is 3. The van der Waals surface area contributed by atoms with Crippen molar-refractivity contribution >= 4 is 52.2 Å². The monoisotopic (exact) mass is 497 g/mol. The fourth-order valence-corrected chi connectivity index (χ4v) is 3.68. The minimum absolute atomic E-state index is 0. The van der Waals surface area contributed by atoms with E-state index >= 15 is 0 Å². The second-order valence-corrected chi connectivity index (χ2v) is 7.08. The summed E-state index contributed by atoms with van der Waals surface area (Å²) in [5.41, 5.74) is 3.67. The van der Waals surface area contributed by atoms with Crippen LogP contribution in [-0.2, 0) is 19.3 Å². The Balaban J connectivity index is 0.00000261. The number of halogens is 1. The van der Waals surface area contributed by atoms with Crippen molar-refractivity contribution in [1.82, 2.24) is 20.6 Å². The molecule has 0 unspecified atom stereocenters. The molecule has 0 aliphatic heterocycles. The van der Waals surface area contributed by atoms with Gasteiger partial charge in [-0.1, -0.05) is 25.1 Å². The Labute approximate surface area is 182 Å². The Morgan fingerprint density at radius 2 is 2.04 bits per heavy atom. The number of para-hydroxylation sites is 1. The molecule has 0 bridgehead atoms. The van der Waals surface area contributed by atoms with Gasteiger partial charge in [0.05, 0.1) is 10.7 Å².